The minimum Gasteiger partial charge on any atom is -0.464 e. The van der Waals surface area contributed by atoms with Gasteiger partial charge < -0.3 is 10.2 Å². The van der Waals surface area contributed by atoms with Gasteiger partial charge in [0.15, 0.2) is 5.16 Å². The number of thioether (sulfide) groups is 1. The van der Waals surface area contributed by atoms with Crippen LogP contribution < -0.4 is 5.73 Å². The zero-order valence-electron chi connectivity index (χ0n) is 9.01. The molecule has 84 valence electrons. The number of aromatic nitrogens is 2. The first-order chi connectivity index (χ1) is 7.78. The second-order valence-corrected chi connectivity index (χ2v) is 4.35. The van der Waals surface area contributed by atoms with Gasteiger partial charge in [0.05, 0.1) is 12.3 Å². The first-order valence-electron chi connectivity index (χ1n) is 4.97. The Morgan fingerprint density at radius 2 is 1.94 bits per heavy atom. The third-order valence-corrected chi connectivity index (χ3v) is 2.92. The summed E-state index contributed by atoms with van der Waals surface area (Å²) in [6.45, 7) is 2.40. The lowest BCUT2D eigenvalue weighted by molar-refractivity contribution is 0.482. The Morgan fingerprint density at radius 3 is 2.56 bits per heavy atom. The van der Waals surface area contributed by atoms with E-state index in [1.807, 2.05) is 31.5 Å². The fourth-order valence-corrected chi connectivity index (χ4v) is 1.88. The summed E-state index contributed by atoms with van der Waals surface area (Å²) in [4.78, 5) is 8.41. The van der Waals surface area contributed by atoms with E-state index in [1.165, 1.54) is 0 Å². The van der Waals surface area contributed by atoms with E-state index in [0.717, 1.165) is 28.0 Å². The normalized spacial score (nSPS) is 10.6. The average molecular weight is 235 g/mol. The van der Waals surface area contributed by atoms with Crippen molar-refractivity contribution < 1.29 is 4.42 Å². The lowest BCUT2D eigenvalue weighted by atomic mass is 10.4. The molecule has 2 rings (SSSR count). The maximum atomic E-state index is 5.48. The van der Waals surface area contributed by atoms with Gasteiger partial charge in [0.2, 0.25) is 0 Å². The lowest BCUT2D eigenvalue weighted by Crippen LogP contribution is -1.92. The summed E-state index contributed by atoms with van der Waals surface area (Å²) in [5, 5.41) is 0.760. The van der Waals surface area contributed by atoms with Crippen LogP contribution in [-0.2, 0) is 12.3 Å². The Kier molecular flexibility index (Phi) is 3.58. The molecule has 4 nitrogen and oxygen atoms in total. The van der Waals surface area contributed by atoms with Crippen molar-refractivity contribution in [2.24, 2.45) is 5.73 Å². The molecule has 0 aromatic carbocycles. The smallest absolute Gasteiger partial charge is 0.187 e. The standard InChI is InChI=1S/C11H13N3OS/c1-8-5-13-11(14-6-8)16-7-10-3-2-9(4-12)15-10/h2-3,5-6H,4,7,12H2,1H3. The van der Waals surface area contributed by atoms with E-state index in [2.05, 4.69) is 9.97 Å². The minimum absolute atomic E-state index is 0.436. The molecule has 0 unspecified atom stereocenters. The van der Waals surface area contributed by atoms with Gasteiger partial charge >= 0.3 is 0 Å². The summed E-state index contributed by atoms with van der Waals surface area (Å²) in [5.41, 5.74) is 6.52. The molecule has 0 amide bonds. The summed E-state index contributed by atoms with van der Waals surface area (Å²) >= 11 is 1.55. The van der Waals surface area contributed by atoms with Crippen molar-refractivity contribution in [3.63, 3.8) is 0 Å². The molecule has 0 aliphatic rings. The molecule has 5 heteroatoms. The Hall–Kier alpha value is -1.33. The van der Waals surface area contributed by atoms with Gasteiger partial charge in [0.1, 0.15) is 11.5 Å². The number of nitrogens with zero attached hydrogens (tertiary/aromatic N) is 2. The van der Waals surface area contributed by atoms with Crippen molar-refractivity contribution in [1.82, 2.24) is 9.97 Å². The number of nitrogens with two attached hydrogens (primary N) is 1. The van der Waals surface area contributed by atoms with E-state index < -0.39 is 0 Å². The van der Waals surface area contributed by atoms with Crippen LogP contribution in [0.2, 0.25) is 0 Å². The topological polar surface area (TPSA) is 64.9 Å². The van der Waals surface area contributed by atoms with Gasteiger partial charge in [-0.3, -0.25) is 0 Å². The van der Waals surface area contributed by atoms with Crippen molar-refractivity contribution in [1.29, 1.82) is 0 Å². The molecule has 2 heterocycles. The number of furan rings is 1. The molecule has 0 fully saturated rings. The maximum Gasteiger partial charge on any atom is 0.187 e. The van der Waals surface area contributed by atoms with Crippen LogP contribution in [-0.4, -0.2) is 9.97 Å². The third kappa shape index (κ3) is 2.84. The minimum atomic E-state index is 0.436. The average Bonchev–Trinajstić information content (AvgIpc) is 2.76. The van der Waals surface area contributed by atoms with Crippen molar-refractivity contribution in [3.05, 3.63) is 41.6 Å². The molecule has 0 saturated carbocycles. The van der Waals surface area contributed by atoms with Crippen LogP contribution in [0, 0.1) is 6.92 Å². The van der Waals surface area contributed by atoms with Gasteiger partial charge in [-0.05, 0) is 24.6 Å². The van der Waals surface area contributed by atoms with Crippen LogP contribution in [0.4, 0.5) is 0 Å². The van der Waals surface area contributed by atoms with Crippen molar-refractivity contribution >= 4 is 11.8 Å². The molecular formula is C11H13N3OS. The lowest BCUT2D eigenvalue weighted by Gasteiger charge is -1.98. The van der Waals surface area contributed by atoms with E-state index in [0.29, 0.717) is 6.54 Å². The Balaban J connectivity index is 1.94. The first kappa shape index (κ1) is 11.2. The highest BCUT2D eigenvalue weighted by Crippen LogP contribution is 2.20. The number of hydrogen-bond acceptors (Lipinski definition) is 5. The zero-order chi connectivity index (χ0) is 11.4. The molecular weight excluding hydrogens is 222 g/mol. The quantitative estimate of drug-likeness (QED) is 0.649. The monoisotopic (exact) mass is 235 g/mol. The predicted octanol–water partition coefficient (Wildman–Crippen LogP) is 2.13. The van der Waals surface area contributed by atoms with Gasteiger partial charge in [-0.25, -0.2) is 9.97 Å². The molecule has 16 heavy (non-hydrogen) atoms. The van der Waals surface area contributed by atoms with Crippen molar-refractivity contribution in [2.45, 2.75) is 24.4 Å². The highest BCUT2D eigenvalue weighted by molar-refractivity contribution is 7.98. The van der Waals surface area contributed by atoms with Crippen LogP contribution in [0.5, 0.6) is 0 Å². The molecule has 0 bridgehead atoms. The molecule has 0 saturated heterocycles. The summed E-state index contributed by atoms with van der Waals surface area (Å²) < 4.78 is 5.48. The van der Waals surface area contributed by atoms with Gasteiger partial charge in [0, 0.05) is 12.4 Å². The van der Waals surface area contributed by atoms with Crippen LogP contribution >= 0.6 is 11.8 Å². The Bertz CT molecular complexity index is 453. The first-order valence-corrected chi connectivity index (χ1v) is 5.95. The zero-order valence-corrected chi connectivity index (χ0v) is 9.83. The fourth-order valence-electron chi connectivity index (χ4n) is 1.20. The van der Waals surface area contributed by atoms with E-state index in [1.54, 1.807) is 11.8 Å². The molecule has 0 atom stereocenters. The molecule has 2 aromatic rings. The van der Waals surface area contributed by atoms with E-state index >= 15 is 0 Å². The summed E-state index contributed by atoms with van der Waals surface area (Å²) in [6, 6.07) is 3.83. The van der Waals surface area contributed by atoms with Crippen molar-refractivity contribution in [2.75, 3.05) is 0 Å². The van der Waals surface area contributed by atoms with E-state index in [4.69, 9.17) is 10.2 Å². The number of aryl methyl sites for hydroxylation is 1. The SMILES string of the molecule is Cc1cnc(SCc2ccc(CN)o2)nc1. The largest absolute Gasteiger partial charge is 0.464 e. The predicted molar refractivity (Wildman–Crippen MR) is 62.9 cm³/mol. The molecule has 2 N–H and O–H groups in total. The van der Waals surface area contributed by atoms with Gasteiger partial charge in [0.25, 0.3) is 0 Å². The van der Waals surface area contributed by atoms with Gasteiger partial charge in [-0.2, -0.15) is 0 Å². The van der Waals surface area contributed by atoms with Crippen LogP contribution in [0.25, 0.3) is 0 Å². The highest BCUT2D eigenvalue weighted by atomic mass is 32.2. The second-order valence-electron chi connectivity index (χ2n) is 3.40. The van der Waals surface area contributed by atoms with Crippen LogP contribution in [0.3, 0.4) is 0 Å². The highest BCUT2D eigenvalue weighted by Gasteiger charge is 2.03. The van der Waals surface area contributed by atoms with E-state index in [9.17, 15) is 0 Å². The van der Waals surface area contributed by atoms with Gasteiger partial charge in [-0.1, -0.05) is 11.8 Å². The number of rotatable bonds is 4. The molecule has 0 radical (unpaired) electrons. The molecule has 0 aliphatic carbocycles. The fraction of sp³-hybridized carbons (Fsp3) is 0.273. The summed E-state index contributed by atoms with van der Waals surface area (Å²) in [7, 11) is 0. The van der Waals surface area contributed by atoms with E-state index in [-0.39, 0.29) is 0 Å². The summed E-state index contributed by atoms with van der Waals surface area (Å²) in [6.07, 6.45) is 3.62. The Morgan fingerprint density at radius 1 is 1.25 bits per heavy atom. The maximum absolute atomic E-state index is 5.48. The second kappa shape index (κ2) is 5.14. The van der Waals surface area contributed by atoms with Crippen LogP contribution in [0.1, 0.15) is 17.1 Å². The molecule has 2 aromatic heterocycles. The van der Waals surface area contributed by atoms with Crippen LogP contribution in [0.15, 0.2) is 34.1 Å². The Labute approximate surface area is 98.3 Å². The third-order valence-electron chi connectivity index (χ3n) is 2.02. The van der Waals surface area contributed by atoms with Crippen molar-refractivity contribution in [3.8, 4) is 0 Å². The van der Waals surface area contributed by atoms with Gasteiger partial charge in [-0.15, -0.1) is 0 Å². The molecule has 0 spiro atoms. The number of hydrogen-bond donors (Lipinski definition) is 1. The summed E-state index contributed by atoms with van der Waals surface area (Å²) in [5.74, 6) is 2.43. The molecule has 0 aliphatic heterocycles.